The van der Waals surface area contributed by atoms with Gasteiger partial charge in [-0.2, -0.15) is 0 Å². The first-order chi connectivity index (χ1) is 16.2. The number of benzene rings is 2. The Morgan fingerprint density at radius 3 is 2.76 bits per heavy atom. The summed E-state index contributed by atoms with van der Waals surface area (Å²) in [6.07, 6.45) is 4.68. The molecule has 0 bridgehead atoms. The first-order valence-electron chi connectivity index (χ1n) is 11.9. The fourth-order valence-electron chi connectivity index (χ4n) is 4.63. The number of rotatable bonds is 7. The van der Waals surface area contributed by atoms with Crippen molar-refractivity contribution in [1.82, 2.24) is 14.8 Å². The maximum Gasteiger partial charge on any atom is 0.234 e. The second-order valence-corrected chi connectivity index (χ2v) is 10.0. The van der Waals surface area contributed by atoms with Crippen LogP contribution in [0.2, 0.25) is 0 Å². The number of ether oxygens (including phenoxy) is 1. The molecule has 8 heteroatoms. The highest BCUT2D eigenvalue weighted by molar-refractivity contribution is 7.99. The van der Waals surface area contributed by atoms with Gasteiger partial charge in [0, 0.05) is 30.8 Å². The molecule has 1 aromatic heterocycles. The quantitative estimate of drug-likeness (QED) is 0.515. The van der Waals surface area contributed by atoms with E-state index in [0.717, 1.165) is 72.6 Å². The molecule has 3 heterocycles. The number of nitrogens with one attached hydrogen (secondary N) is 1. The molecule has 2 fully saturated rings. The molecule has 7 nitrogen and oxygen atoms in total. The van der Waals surface area contributed by atoms with Gasteiger partial charge in [-0.25, -0.2) is 0 Å². The smallest absolute Gasteiger partial charge is 0.234 e. The average Bonchev–Trinajstić information content (AvgIpc) is 3.49. The van der Waals surface area contributed by atoms with Crippen LogP contribution in [0.4, 0.5) is 11.6 Å². The van der Waals surface area contributed by atoms with Crippen molar-refractivity contribution in [2.75, 3.05) is 35.7 Å². The van der Waals surface area contributed by atoms with Crippen molar-refractivity contribution in [3.63, 3.8) is 0 Å². The van der Waals surface area contributed by atoms with Gasteiger partial charge in [0.2, 0.25) is 11.9 Å². The van der Waals surface area contributed by atoms with Crippen LogP contribution in [0.5, 0.6) is 0 Å². The summed E-state index contributed by atoms with van der Waals surface area (Å²) in [5.41, 5.74) is 0.836. The molecule has 0 radical (unpaired) electrons. The van der Waals surface area contributed by atoms with Gasteiger partial charge in [-0.15, -0.1) is 10.2 Å². The maximum atomic E-state index is 12.8. The summed E-state index contributed by atoms with van der Waals surface area (Å²) < 4.78 is 8.07. The van der Waals surface area contributed by atoms with Crippen LogP contribution in [0.3, 0.4) is 0 Å². The number of hydrogen-bond donors (Lipinski definition) is 1. The molecule has 2 aliphatic heterocycles. The number of hydrogen-bond acceptors (Lipinski definition) is 6. The summed E-state index contributed by atoms with van der Waals surface area (Å²) in [6.45, 7) is 5.86. The predicted octanol–water partition coefficient (Wildman–Crippen LogP) is 4.58. The summed E-state index contributed by atoms with van der Waals surface area (Å²) in [7, 11) is 0. The molecule has 1 atom stereocenters. The largest absolute Gasteiger partial charge is 0.376 e. The number of aromatic nitrogens is 3. The molecule has 2 saturated heterocycles. The Labute approximate surface area is 198 Å². The minimum atomic E-state index is -0.0450. The normalized spacial score (nSPS) is 19.3. The molecular weight excluding hydrogens is 434 g/mol. The summed E-state index contributed by atoms with van der Waals surface area (Å²) >= 11 is 1.44. The summed E-state index contributed by atoms with van der Waals surface area (Å²) in [5.74, 6) is 1.90. The van der Waals surface area contributed by atoms with Gasteiger partial charge in [0.15, 0.2) is 5.16 Å². The van der Waals surface area contributed by atoms with Crippen LogP contribution < -0.4 is 10.2 Å². The van der Waals surface area contributed by atoms with Crippen molar-refractivity contribution in [2.24, 2.45) is 5.92 Å². The molecule has 5 rings (SSSR count). The number of carbonyl (C=O) groups excluding carboxylic acids is 1. The Balaban J connectivity index is 1.29. The molecule has 33 heavy (non-hydrogen) atoms. The molecule has 174 valence electrons. The van der Waals surface area contributed by atoms with Gasteiger partial charge >= 0.3 is 0 Å². The van der Waals surface area contributed by atoms with Crippen molar-refractivity contribution in [2.45, 2.75) is 50.4 Å². The van der Waals surface area contributed by atoms with Crippen molar-refractivity contribution >= 4 is 40.1 Å². The highest BCUT2D eigenvalue weighted by Gasteiger charge is 2.26. The monoisotopic (exact) mass is 465 g/mol. The number of thioether (sulfide) groups is 1. The van der Waals surface area contributed by atoms with E-state index in [2.05, 4.69) is 44.0 Å². The van der Waals surface area contributed by atoms with E-state index in [-0.39, 0.29) is 17.8 Å². The molecule has 0 saturated carbocycles. The lowest BCUT2D eigenvalue weighted by Crippen LogP contribution is -2.35. The first-order valence-corrected chi connectivity index (χ1v) is 12.9. The minimum absolute atomic E-state index is 0.0450. The molecule has 2 aromatic carbocycles. The third kappa shape index (κ3) is 5.17. The molecule has 2 aliphatic rings. The van der Waals surface area contributed by atoms with Gasteiger partial charge < -0.3 is 15.0 Å². The molecule has 3 aromatic rings. The number of nitrogens with zero attached hydrogens (tertiary/aromatic N) is 4. The van der Waals surface area contributed by atoms with Crippen molar-refractivity contribution in [1.29, 1.82) is 0 Å². The van der Waals surface area contributed by atoms with Gasteiger partial charge in [-0.3, -0.25) is 9.36 Å². The predicted molar refractivity (Wildman–Crippen MR) is 133 cm³/mol. The topological polar surface area (TPSA) is 72.3 Å². The zero-order chi connectivity index (χ0) is 22.6. The van der Waals surface area contributed by atoms with Crippen molar-refractivity contribution in [3.05, 3.63) is 42.5 Å². The highest BCUT2D eigenvalue weighted by atomic mass is 32.2. The fraction of sp³-hybridized carbons (Fsp3) is 0.480. The van der Waals surface area contributed by atoms with E-state index in [1.165, 1.54) is 24.6 Å². The van der Waals surface area contributed by atoms with Gasteiger partial charge in [-0.05, 0) is 43.1 Å². The summed E-state index contributed by atoms with van der Waals surface area (Å²) in [4.78, 5) is 15.1. The fourth-order valence-corrected chi connectivity index (χ4v) is 5.38. The zero-order valence-electron chi connectivity index (χ0n) is 19.1. The molecule has 1 unspecified atom stereocenters. The highest BCUT2D eigenvalue weighted by Crippen LogP contribution is 2.29. The Morgan fingerprint density at radius 2 is 1.94 bits per heavy atom. The maximum absolute atomic E-state index is 12.8. The van der Waals surface area contributed by atoms with E-state index >= 15 is 0 Å². The van der Waals surface area contributed by atoms with Crippen LogP contribution in [0, 0.1) is 5.92 Å². The lowest BCUT2D eigenvalue weighted by atomic mass is 10.00. The van der Waals surface area contributed by atoms with Crippen molar-refractivity contribution in [3.8, 4) is 0 Å². The number of amides is 1. The van der Waals surface area contributed by atoms with Crippen LogP contribution in [-0.4, -0.2) is 52.2 Å². The second kappa shape index (κ2) is 10.1. The van der Waals surface area contributed by atoms with Crippen LogP contribution in [0.15, 0.2) is 47.6 Å². The SMILES string of the molecule is CC1CCN(c2nnc(SCC(=O)Nc3cccc4ccccc34)n2CC2CCCO2)CC1. The Bertz CT molecular complexity index is 1100. The lowest BCUT2D eigenvalue weighted by Gasteiger charge is -2.31. The average molecular weight is 466 g/mol. The number of anilines is 2. The zero-order valence-corrected chi connectivity index (χ0v) is 19.9. The molecule has 1 amide bonds. The number of piperidine rings is 1. The van der Waals surface area contributed by atoms with Gasteiger partial charge in [0.1, 0.15) is 0 Å². The third-order valence-electron chi connectivity index (χ3n) is 6.57. The lowest BCUT2D eigenvalue weighted by molar-refractivity contribution is -0.113. The Hall–Kier alpha value is -2.58. The van der Waals surface area contributed by atoms with Crippen molar-refractivity contribution < 1.29 is 9.53 Å². The van der Waals surface area contributed by atoms with Crippen LogP contribution in [-0.2, 0) is 16.1 Å². The first kappa shape index (κ1) is 22.2. The Kier molecular flexibility index (Phi) is 6.83. The van der Waals surface area contributed by atoms with Gasteiger partial charge in [0.25, 0.3) is 0 Å². The van der Waals surface area contributed by atoms with Crippen LogP contribution in [0.25, 0.3) is 10.8 Å². The van der Waals surface area contributed by atoms with E-state index in [9.17, 15) is 4.79 Å². The summed E-state index contributed by atoms with van der Waals surface area (Å²) in [5, 5.41) is 15.0. The van der Waals surface area contributed by atoms with E-state index in [0.29, 0.717) is 0 Å². The van der Waals surface area contributed by atoms with E-state index in [1.807, 2.05) is 30.3 Å². The minimum Gasteiger partial charge on any atom is -0.376 e. The van der Waals surface area contributed by atoms with E-state index in [4.69, 9.17) is 4.74 Å². The van der Waals surface area contributed by atoms with E-state index in [1.54, 1.807) is 0 Å². The van der Waals surface area contributed by atoms with Gasteiger partial charge in [0.05, 0.1) is 18.4 Å². The molecular formula is C25H31N5O2S. The molecule has 0 spiro atoms. The number of carbonyl (C=O) groups is 1. The van der Waals surface area contributed by atoms with Gasteiger partial charge in [-0.1, -0.05) is 55.1 Å². The van der Waals surface area contributed by atoms with E-state index < -0.39 is 0 Å². The summed E-state index contributed by atoms with van der Waals surface area (Å²) in [6, 6.07) is 14.0. The molecule has 1 N–H and O–H groups in total. The standard InChI is InChI=1S/C25H31N5O2S/c1-18-11-13-29(14-12-18)24-27-28-25(30(24)16-20-8-5-15-32-20)33-17-23(31)26-22-10-4-7-19-6-2-3-9-21(19)22/h2-4,6-7,9-10,18,20H,5,8,11-17H2,1H3,(H,26,31). The number of fused-ring (bicyclic) bond motifs is 1. The third-order valence-corrected chi connectivity index (χ3v) is 7.54. The van der Waals surface area contributed by atoms with Crippen LogP contribution >= 0.6 is 11.8 Å². The molecule has 0 aliphatic carbocycles. The second-order valence-electron chi connectivity index (χ2n) is 9.06. The van der Waals surface area contributed by atoms with Crippen LogP contribution in [0.1, 0.15) is 32.6 Å². The Morgan fingerprint density at radius 1 is 1.12 bits per heavy atom.